The fourth-order valence-corrected chi connectivity index (χ4v) is 2.06. The third-order valence-electron chi connectivity index (χ3n) is 3.24. The number of rotatable bonds is 4. The van der Waals surface area contributed by atoms with Crippen LogP contribution in [0.3, 0.4) is 0 Å². The Balaban J connectivity index is 1.96. The first kappa shape index (κ1) is 13.1. The molecular weight excluding hydrogens is 234 g/mol. The average molecular weight is 253 g/mol. The van der Waals surface area contributed by atoms with E-state index in [1.807, 2.05) is 6.92 Å². The van der Waals surface area contributed by atoms with Crippen molar-refractivity contribution in [3.05, 3.63) is 23.8 Å². The van der Waals surface area contributed by atoms with Gasteiger partial charge in [-0.1, -0.05) is 0 Å². The number of hydrogen-bond acceptors (Lipinski definition) is 5. The lowest BCUT2D eigenvalue weighted by Gasteiger charge is -2.24. The molecule has 1 aliphatic rings. The summed E-state index contributed by atoms with van der Waals surface area (Å²) in [7, 11) is 0. The van der Waals surface area contributed by atoms with Gasteiger partial charge in [-0.3, -0.25) is 0 Å². The molecule has 1 aromatic rings. The molecule has 2 rings (SSSR count). The van der Waals surface area contributed by atoms with Crippen molar-refractivity contribution >= 4 is 0 Å². The lowest BCUT2D eigenvalue weighted by molar-refractivity contribution is 0.0252. The first-order chi connectivity index (χ1) is 8.48. The van der Waals surface area contributed by atoms with Crippen LogP contribution in [-0.2, 0) is 4.74 Å². The Kier molecular flexibility index (Phi) is 3.75. The van der Waals surface area contributed by atoms with Crippen molar-refractivity contribution < 1.29 is 20.1 Å². The molecule has 4 N–H and O–H groups in total. The minimum atomic E-state index is -0.812. The molecule has 1 aliphatic heterocycles. The molecule has 18 heavy (non-hydrogen) atoms. The molecule has 0 spiro atoms. The molecule has 0 aromatic heterocycles. The summed E-state index contributed by atoms with van der Waals surface area (Å²) >= 11 is 0. The molecule has 0 aliphatic carbocycles. The predicted molar refractivity (Wildman–Crippen MR) is 66.6 cm³/mol. The summed E-state index contributed by atoms with van der Waals surface area (Å²) in [6, 6.07) is 4.39. The van der Waals surface area contributed by atoms with E-state index in [1.165, 1.54) is 6.07 Å². The van der Waals surface area contributed by atoms with E-state index in [9.17, 15) is 15.3 Å². The van der Waals surface area contributed by atoms with Crippen LogP contribution in [0.2, 0.25) is 0 Å². The zero-order chi connectivity index (χ0) is 13.2. The second kappa shape index (κ2) is 5.14. The molecule has 5 heteroatoms. The Bertz CT molecular complexity index is 395. The maximum atomic E-state index is 10.1. The molecule has 1 aromatic carbocycles. The molecule has 1 heterocycles. The van der Waals surface area contributed by atoms with Gasteiger partial charge in [-0.15, -0.1) is 0 Å². The molecule has 0 saturated carbocycles. The molecule has 0 amide bonds. The van der Waals surface area contributed by atoms with Crippen LogP contribution in [0.15, 0.2) is 18.2 Å². The monoisotopic (exact) mass is 253 g/mol. The summed E-state index contributed by atoms with van der Waals surface area (Å²) in [5.41, 5.74) is -0.0392. The average Bonchev–Trinajstić information content (AvgIpc) is 2.72. The van der Waals surface area contributed by atoms with Gasteiger partial charge in [-0.05, 0) is 24.6 Å². The van der Waals surface area contributed by atoms with E-state index in [4.69, 9.17) is 4.74 Å². The summed E-state index contributed by atoms with van der Waals surface area (Å²) in [5, 5.41) is 32.1. The van der Waals surface area contributed by atoms with Gasteiger partial charge in [0.25, 0.3) is 0 Å². The molecule has 100 valence electrons. The number of ether oxygens (including phenoxy) is 1. The van der Waals surface area contributed by atoms with Crippen molar-refractivity contribution in [2.24, 2.45) is 0 Å². The molecule has 0 bridgehead atoms. The van der Waals surface area contributed by atoms with Gasteiger partial charge in [-0.25, -0.2) is 0 Å². The van der Waals surface area contributed by atoms with Gasteiger partial charge in [0, 0.05) is 31.7 Å². The standard InChI is InChI=1S/C13H19NO4/c1-9(10-4-11(15)6-12(16)5-10)14-7-13(17)2-3-18-8-13/h4-6,9,14-17H,2-3,7-8H2,1H3. The molecule has 2 atom stereocenters. The number of benzene rings is 1. The van der Waals surface area contributed by atoms with Gasteiger partial charge in [0.1, 0.15) is 17.1 Å². The molecular formula is C13H19NO4. The van der Waals surface area contributed by atoms with Gasteiger partial charge < -0.3 is 25.4 Å². The zero-order valence-electron chi connectivity index (χ0n) is 10.4. The maximum Gasteiger partial charge on any atom is 0.119 e. The lowest BCUT2D eigenvalue weighted by atomic mass is 10.0. The number of nitrogens with one attached hydrogen (secondary N) is 1. The van der Waals surface area contributed by atoms with E-state index in [0.29, 0.717) is 26.2 Å². The highest BCUT2D eigenvalue weighted by molar-refractivity contribution is 5.37. The Morgan fingerprint density at radius 1 is 1.33 bits per heavy atom. The van der Waals surface area contributed by atoms with Crippen molar-refractivity contribution in [1.82, 2.24) is 5.32 Å². The Hall–Kier alpha value is -1.30. The van der Waals surface area contributed by atoms with Crippen LogP contribution in [0.4, 0.5) is 0 Å². The largest absolute Gasteiger partial charge is 0.508 e. The van der Waals surface area contributed by atoms with E-state index in [0.717, 1.165) is 5.56 Å². The van der Waals surface area contributed by atoms with E-state index in [-0.39, 0.29) is 17.5 Å². The Labute approximate surface area is 106 Å². The Morgan fingerprint density at radius 3 is 2.56 bits per heavy atom. The van der Waals surface area contributed by atoms with Gasteiger partial charge in [0.05, 0.1) is 6.61 Å². The first-order valence-electron chi connectivity index (χ1n) is 6.05. The molecule has 2 unspecified atom stereocenters. The minimum Gasteiger partial charge on any atom is -0.508 e. The van der Waals surface area contributed by atoms with E-state index < -0.39 is 5.60 Å². The SMILES string of the molecule is CC(NCC1(O)CCOC1)c1cc(O)cc(O)c1. The van der Waals surface area contributed by atoms with Crippen LogP contribution < -0.4 is 5.32 Å². The van der Waals surface area contributed by atoms with Crippen LogP contribution in [0.1, 0.15) is 24.9 Å². The van der Waals surface area contributed by atoms with E-state index >= 15 is 0 Å². The van der Waals surface area contributed by atoms with Crippen molar-refractivity contribution in [3.8, 4) is 11.5 Å². The second-order valence-electron chi connectivity index (χ2n) is 4.91. The van der Waals surface area contributed by atoms with Crippen LogP contribution in [0.25, 0.3) is 0 Å². The van der Waals surface area contributed by atoms with Gasteiger partial charge >= 0.3 is 0 Å². The van der Waals surface area contributed by atoms with Crippen molar-refractivity contribution in [1.29, 1.82) is 0 Å². The highest BCUT2D eigenvalue weighted by Gasteiger charge is 2.32. The highest BCUT2D eigenvalue weighted by Crippen LogP contribution is 2.25. The molecule has 1 fully saturated rings. The van der Waals surface area contributed by atoms with Crippen LogP contribution in [-0.4, -0.2) is 40.7 Å². The summed E-state index contributed by atoms with van der Waals surface area (Å²) in [5.74, 6) is 0.0584. The summed E-state index contributed by atoms with van der Waals surface area (Å²) in [6.45, 7) is 3.26. The minimum absolute atomic E-state index is 0.0292. The number of phenolic OH excluding ortho intramolecular Hbond substituents is 2. The van der Waals surface area contributed by atoms with Crippen molar-refractivity contribution in [2.75, 3.05) is 19.8 Å². The van der Waals surface area contributed by atoms with E-state index in [2.05, 4.69) is 5.32 Å². The first-order valence-corrected chi connectivity index (χ1v) is 6.05. The van der Waals surface area contributed by atoms with Crippen LogP contribution >= 0.6 is 0 Å². The van der Waals surface area contributed by atoms with Crippen LogP contribution in [0.5, 0.6) is 11.5 Å². The van der Waals surface area contributed by atoms with E-state index in [1.54, 1.807) is 12.1 Å². The molecule has 0 radical (unpaired) electrons. The fourth-order valence-electron chi connectivity index (χ4n) is 2.06. The Morgan fingerprint density at radius 2 is 2.00 bits per heavy atom. The summed E-state index contributed by atoms with van der Waals surface area (Å²) in [6.07, 6.45) is 0.623. The summed E-state index contributed by atoms with van der Waals surface area (Å²) < 4.78 is 5.17. The summed E-state index contributed by atoms with van der Waals surface area (Å²) in [4.78, 5) is 0. The lowest BCUT2D eigenvalue weighted by Crippen LogP contribution is -2.41. The fraction of sp³-hybridized carbons (Fsp3) is 0.538. The highest BCUT2D eigenvalue weighted by atomic mass is 16.5. The third kappa shape index (κ3) is 3.13. The van der Waals surface area contributed by atoms with Crippen molar-refractivity contribution in [3.63, 3.8) is 0 Å². The number of aromatic hydroxyl groups is 2. The number of hydrogen-bond donors (Lipinski definition) is 4. The number of phenols is 2. The normalized spacial score (nSPS) is 25.2. The smallest absolute Gasteiger partial charge is 0.119 e. The second-order valence-corrected chi connectivity index (χ2v) is 4.91. The van der Waals surface area contributed by atoms with Gasteiger partial charge in [0.2, 0.25) is 0 Å². The topological polar surface area (TPSA) is 82.0 Å². The van der Waals surface area contributed by atoms with Crippen molar-refractivity contribution in [2.45, 2.75) is 25.0 Å². The van der Waals surface area contributed by atoms with Crippen LogP contribution in [0, 0.1) is 0 Å². The number of aliphatic hydroxyl groups is 1. The third-order valence-corrected chi connectivity index (χ3v) is 3.24. The molecule has 5 nitrogen and oxygen atoms in total. The predicted octanol–water partition coefficient (Wildman–Crippen LogP) is 0.900. The quantitative estimate of drug-likeness (QED) is 0.641. The molecule has 1 saturated heterocycles. The maximum absolute atomic E-state index is 10.1. The van der Waals surface area contributed by atoms with Gasteiger partial charge in [-0.2, -0.15) is 0 Å². The van der Waals surface area contributed by atoms with Gasteiger partial charge in [0.15, 0.2) is 0 Å². The zero-order valence-corrected chi connectivity index (χ0v) is 10.4.